The van der Waals surface area contributed by atoms with Crippen LogP contribution in [0, 0.1) is 0 Å². The predicted molar refractivity (Wildman–Crippen MR) is 107 cm³/mol. The minimum Gasteiger partial charge on any atom is -0.460 e. The molecule has 0 aliphatic carbocycles. The van der Waals surface area contributed by atoms with E-state index < -0.39 is 0 Å². The monoisotopic (exact) mass is 410 g/mol. The van der Waals surface area contributed by atoms with Gasteiger partial charge in [0.05, 0.1) is 17.5 Å². The average molecular weight is 411 g/mol. The average Bonchev–Trinajstić information content (AvgIpc) is 3.04. The second-order valence-corrected chi connectivity index (χ2v) is 6.96. The van der Waals surface area contributed by atoms with Crippen LogP contribution >= 0.6 is 15.9 Å². The van der Waals surface area contributed by atoms with E-state index in [1.807, 2.05) is 79.3 Å². The fourth-order valence-corrected chi connectivity index (χ4v) is 2.91. The quantitative estimate of drug-likeness (QED) is 0.425. The third kappa shape index (κ3) is 4.49. The number of carbonyl (C=O) groups is 1. The third-order valence-electron chi connectivity index (χ3n) is 3.61. The molecule has 3 aromatic rings. The fourth-order valence-electron chi connectivity index (χ4n) is 2.51. The Hall–Kier alpha value is -2.66. The highest BCUT2D eigenvalue weighted by Crippen LogP contribution is 2.27. The molecule has 0 aliphatic heterocycles. The topological polar surface area (TPSA) is 44.1 Å². The van der Waals surface area contributed by atoms with E-state index in [0.29, 0.717) is 0 Å². The van der Waals surface area contributed by atoms with Crippen molar-refractivity contribution < 1.29 is 9.53 Å². The molecule has 1 aromatic heterocycles. The molecule has 0 amide bonds. The van der Waals surface area contributed by atoms with Gasteiger partial charge in [-0.25, -0.2) is 9.48 Å². The minimum absolute atomic E-state index is 0.149. The maximum absolute atomic E-state index is 11.9. The van der Waals surface area contributed by atoms with Crippen molar-refractivity contribution in [2.75, 3.05) is 0 Å². The lowest BCUT2D eigenvalue weighted by atomic mass is 10.1. The Kier molecular flexibility index (Phi) is 5.68. The first-order chi connectivity index (χ1) is 12.5. The van der Waals surface area contributed by atoms with E-state index in [4.69, 9.17) is 9.84 Å². The summed E-state index contributed by atoms with van der Waals surface area (Å²) in [4.78, 5) is 11.9. The summed E-state index contributed by atoms with van der Waals surface area (Å²) in [5.74, 6) is -0.368. The van der Waals surface area contributed by atoms with Gasteiger partial charge in [-0.2, -0.15) is 5.10 Å². The number of halogens is 1. The number of aromatic nitrogens is 2. The number of hydrogen-bond donors (Lipinski definition) is 0. The summed E-state index contributed by atoms with van der Waals surface area (Å²) >= 11 is 3.50. The summed E-state index contributed by atoms with van der Waals surface area (Å²) in [6.45, 7) is 3.65. The zero-order valence-corrected chi connectivity index (χ0v) is 16.2. The lowest BCUT2D eigenvalue weighted by molar-refractivity contribution is -0.141. The van der Waals surface area contributed by atoms with Gasteiger partial charge in [0.2, 0.25) is 0 Å². The maximum atomic E-state index is 11.9. The smallest absolute Gasteiger partial charge is 0.331 e. The van der Waals surface area contributed by atoms with E-state index in [-0.39, 0.29) is 12.1 Å². The summed E-state index contributed by atoms with van der Waals surface area (Å²) in [5.41, 5.74) is 3.55. The molecule has 2 aromatic carbocycles. The summed E-state index contributed by atoms with van der Waals surface area (Å²) in [7, 11) is 0. The van der Waals surface area contributed by atoms with Crippen molar-refractivity contribution in [3.05, 3.63) is 76.9 Å². The van der Waals surface area contributed by atoms with Gasteiger partial charge in [-0.15, -0.1) is 0 Å². The molecule has 3 rings (SSSR count). The first-order valence-corrected chi connectivity index (χ1v) is 9.12. The van der Waals surface area contributed by atoms with E-state index in [1.54, 1.807) is 6.08 Å². The zero-order valence-electron chi connectivity index (χ0n) is 14.6. The Morgan fingerprint density at radius 3 is 2.62 bits per heavy atom. The number of carbonyl (C=O) groups excluding carboxylic acids is 1. The highest BCUT2D eigenvalue weighted by molar-refractivity contribution is 9.10. The summed E-state index contributed by atoms with van der Waals surface area (Å²) in [5, 5.41) is 4.72. The molecule has 132 valence electrons. The maximum Gasteiger partial charge on any atom is 0.331 e. The normalized spacial score (nSPS) is 11.2. The van der Waals surface area contributed by atoms with Crippen LogP contribution in [0.3, 0.4) is 0 Å². The van der Waals surface area contributed by atoms with Crippen LogP contribution in [0.25, 0.3) is 23.0 Å². The van der Waals surface area contributed by atoms with E-state index in [0.717, 1.165) is 27.0 Å². The molecule has 0 atom stereocenters. The third-order valence-corrected chi connectivity index (χ3v) is 4.11. The van der Waals surface area contributed by atoms with Crippen LogP contribution in [0.2, 0.25) is 0 Å². The summed E-state index contributed by atoms with van der Waals surface area (Å²) < 4.78 is 7.95. The minimum atomic E-state index is -0.368. The lowest BCUT2D eigenvalue weighted by Gasteiger charge is -2.04. The van der Waals surface area contributed by atoms with Gasteiger partial charge < -0.3 is 4.74 Å². The van der Waals surface area contributed by atoms with E-state index >= 15 is 0 Å². The standard InChI is InChI=1S/C21H19BrN2O2/c1-15(2)26-20(25)12-11-17-14-24(19-9-4-3-5-10-19)23-21(17)16-7-6-8-18(22)13-16/h3-15H,1-2H3/b12-11-. The van der Waals surface area contributed by atoms with Crippen molar-refractivity contribution >= 4 is 28.0 Å². The lowest BCUT2D eigenvalue weighted by Crippen LogP contribution is -2.08. The van der Waals surface area contributed by atoms with Crippen molar-refractivity contribution in [1.82, 2.24) is 9.78 Å². The van der Waals surface area contributed by atoms with Crippen LogP contribution < -0.4 is 0 Å². The molecular formula is C21H19BrN2O2. The van der Waals surface area contributed by atoms with Crippen LogP contribution in [0.1, 0.15) is 19.4 Å². The van der Waals surface area contributed by atoms with Crippen molar-refractivity contribution in [1.29, 1.82) is 0 Å². The second kappa shape index (κ2) is 8.15. The zero-order chi connectivity index (χ0) is 18.5. The Bertz CT molecular complexity index is 930. The Morgan fingerprint density at radius 2 is 1.92 bits per heavy atom. The predicted octanol–water partition coefficient (Wildman–Crippen LogP) is 5.27. The number of nitrogens with zero attached hydrogens (tertiary/aromatic N) is 2. The number of para-hydroxylation sites is 1. The van der Waals surface area contributed by atoms with E-state index in [9.17, 15) is 4.79 Å². The number of rotatable bonds is 5. The van der Waals surface area contributed by atoms with Gasteiger partial charge in [0, 0.05) is 27.9 Å². The van der Waals surface area contributed by atoms with E-state index in [1.165, 1.54) is 6.08 Å². The number of hydrogen-bond acceptors (Lipinski definition) is 3. The molecule has 0 bridgehead atoms. The van der Waals surface area contributed by atoms with E-state index in [2.05, 4.69) is 15.9 Å². The van der Waals surface area contributed by atoms with Crippen LogP contribution in [0.4, 0.5) is 0 Å². The molecule has 0 N–H and O–H groups in total. The fraction of sp³-hybridized carbons (Fsp3) is 0.143. The first-order valence-electron chi connectivity index (χ1n) is 8.32. The molecular weight excluding hydrogens is 392 g/mol. The molecule has 0 aliphatic rings. The molecule has 0 radical (unpaired) electrons. The molecule has 26 heavy (non-hydrogen) atoms. The van der Waals surface area contributed by atoms with Crippen molar-refractivity contribution in [3.8, 4) is 16.9 Å². The van der Waals surface area contributed by atoms with Gasteiger partial charge in [0.15, 0.2) is 0 Å². The second-order valence-electron chi connectivity index (χ2n) is 6.04. The first kappa shape index (κ1) is 18.1. The summed E-state index contributed by atoms with van der Waals surface area (Å²) in [6.07, 6.45) is 4.94. The Morgan fingerprint density at radius 1 is 1.15 bits per heavy atom. The van der Waals surface area contributed by atoms with Crippen molar-refractivity contribution in [2.45, 2.75) is 20.0 Å². The van der Waals surface area contributed by atoms with Crippen LogP contribution in [0.15, 0.2) is 71.3 Å². The van der Waals surface area contributed by atoms with Crippen LogP contribution in [-0.2, 0) is 9.53 Å². The van der Waals surface area contributed by atoms with Crippen molar-refractivity contribution in [3.63, 3.8) is 0 Å². The number of benzene rings is 2. The van der Waals surface area contributed by atoms with Gasteiger partial charge in [-0.05, 0) is 44.2 Å². The van der Waals surface area contributed by atoms with Gasteiger partial charge in [0.1, 0.15) is 0 Å². The SMILES string of the molecule is CC(C)OC(=O)/C=C\c1cn(-c2ccccc2)nc1-c1cccc(Br)c1. The largest absolute Gasteiger partial charge is 0.460 e. The molecule has 5 heteroatoms. The van der Waals surface area contributed by atoms with Gasteiger partial charge >= 0.3 is 5.97 Å². The molecule has 0 saturated heterocycles. The molecule has 4 nitrogen and oxygen atoms in total. The summed E-state index contributed by atoms with van der Waals surface area (Å²) in [6, 6.07) is 17.8. The molecule has 1 heterocycles. The number of ether oxygens (including phenoxy) is 1. The Labute approximate surface area is 161 Å². The molecule has 0 spiro atoms. The van der Waals surface area contributed by atoms with Crippen molar-refractivity contribution in [2.24, 2.45) is 0 Å². The molecule has 0 fully saturated rings. The number of esters is 1. The Balaban J connectivity index is 2.02. The molecule has 0 saturated carbocycles. The highest BCUT2D eigenvalue weighted by atomic mass is 79.9. The van der Waals surface area contributed by atoms with Gasteiger partial charge in [0.25, 0.3) is 0 Å². The van der Waals surface area contributed by atoms with Crippen LogP contribution in [0.5, 0.6) is 0 Å². The van der Waals surface area contributed by atoms with Gasteiger partial charge in [-0.3, -0.25) is 0 Å². The molecule has 0 unspecified atom stereocenters. The highest BCUT2D eigenvalue weighted by Gasteiger charge is 2.11. The van der Waals surface area contributed by atoms with Gasteiger partial charge in [-0.1, -0.05) is 46.3 Å². The van der Waals surface area contributed by atoms with Crippen LogP contribution in [-0.4, -0.2) is 21.9 Å².